The van der Waals surface area contributed by atoms with Crippen LogP contribution in [0.25, 0.3) is 11.0 Å². The van der Waals surface area contributed by atoms with Gasteiger partial charge in [0.15, 0.2) is 0 Å². The van der Waals surface area contributed by atoms with E-state index in [4.69, 9.17) is 5.11 Å². The van der Waals surface area contributed by atoms with E-state index in [1.165, 1.54) is 12.1 Å². The Morgan fingerprint density at radius 1 is 1.19 bits per heavy atom. The summed E-state index contributed by atoms with van der Waals surface area (Å²) in [6.07, 6.45) is 2.45. The highest BCUT2D eigenvalue weighted by Crippen LogP contribution is 2.16. The van der Waals surface area contributed by atoms with E-state index in [-0.39, 0.29) is 11.4 Å². The molecule has 0 fully saturated rings. The number of fused-ring (bicyclic) bond motifs is 1. The van der Waals surface area contributed by atoms with Crippen LogP contribution in [0.2, 0.25) is 0 Å². The van der Waals surface area contributed by atoms with E-state index in [9.17, 15) is 9.18 Å². The van der Waals surface area contributed by atoms with E-state index in [2.05, 4.69) is 4.98 Å². The maximum Gasteiger partial charge on any atom is 0.335 e. The molecule has 0 radical (unpaired) electrons. The zero-order valence-corrected chi connectivity index (χ0v) is 11.2. The molecular formula is C16H13FN2O2. The van der Waals surface area contributed by atoms with Gasteiger partial charge in [-0.15, -0.1) is 0 Å². The Labute approximate surface area is 120 Å². The van der Waals surface area contributed by atoms with E-state index in [1.807, 2.05) is 4.57 Å². The first-order valence-corrected chi connectivity index (χ1v) is 6.56. The highest BCUT2D eigenvalue weighted by Gasteiger charge is 2.07. The third-order valence-electron chi connectivity index (χ3n) is 3.42. The van der Waals surface area contributed by atoms with Crippen molar-refractivity contribution in [1.82, 2.24) is 9.55 Å². The molecule has 3 aromatic rings. The second-order valence-corrected chi connectivity index (χ2v) is 4.82. The predicted octanol–water partition coefficient (Wildman–Crippen LogP) is 3.12. The molecule has 0 bridgehead atoms. The Kier molecular flexibility index (Phi) is 3.39. The normalized spacial score (nSPS) is 10.9. The third-order valence-corrected chi connectivity index (χ3v) is 3.42. The zero-order chi connectivity index (χ0) is 14.8. The number of imidazole rings is 1. The molecule has 0 atom stereocenters. The summed E-state index contributed by atoms with van der Waals surface area (Å²) in [6, 6.07) is 11.3. The molecule has 1 heterocycles. The lowest BCUT2D eigenvalue weighted by molar-refractivity contribution is 0.0697. The standard InChI is InChI=1S/C16H13FN2O2/c17-13-4-1-11(2-5-13)7-8-19-10-18-14-9-12(16(20)21)3-6-15(14)19/h1-6,9-10H,7-8H2,(H,20,21). The Hall–Kier alpha value is -2.69. The van der Waals surface area contributed by atoms with Crippen LogP contribution in [-0.4, -0.2) is 20.6 Å². The van der Waals surface area contributed by atoms with Crippen LogP contribution in [0.1, 0.15) is 15.9 Å². The highest BCUT2D eigenvalue weighted by atomic mass is 19.1. The molecule has 1 N–H and O–H groups in total. The number of benzene rings is 2. The van der Waals surface area contributed by atoms with Gasteiger partial charge in [-0.3, -0.25) is 0 Å². The van der Waals surface area contributed by atoms with Crippen molar-refractivity contribution >= 4 is 17.0 Å². The minimum Gasteiger partial charge on any atom is -0.478 e. The lowest BCUT2D eigenvalue weighted by Gasteiger charge is -2.05. The molecule has 0 saturated carbocycles. The first-order chi connectivity index (χ1) is 10.1. The van der Waals surface area contributed by atoms with Crippen LogP contribution in [0.5, 0.6) is 0 Å². The minimum absolute atomic E-state index is 0.228. The van der Waals surface area contributed by atoms with Crippen LogP contribution in [0.15, 0.2) is 48.8 Å². The highest BCUT2D eigenvalue weighted by molar-refractivity contribution is 5.92. The van der Waals surface area contributed by atoms with Crippen LogP contribution in [-0.2, 0) is 13.0 Å². The predicted molar refractivity (Wildman–Crippen MR) is 76.8 cm³/mol. The summed E-state index contributed by atoms with van der Waals surface area (Å²) in [5, 5.41) is 8.96. The van der Waals surface area contributed by atoms with Crippen molar-refractivity contribution in [2.24, 2.45) is 0 Å². The van der Waals surface area contributed by atoms with E-state index in [0.717, 1.165) is 17.5 Å². The Bertz CT molecular complexity index is 794. The number of rotatable bonds is 4. The molecule has 3 rings (SSSR count). The molecule has 21 heavy (non-hydrogen) atoms. The van der Waals surface area contributed by atoms with Gasteiger partial charge in [0.1, 0.15) is 5.82 Å². The van der Waals surface area contributed by atoms with Crippen LogP contribution in [0.4, 0.5) is 4.39 Å². The Balaban J connectivity index is 1.81. The molecule has 4 nitrogen and oxygen atoms in total. The van der Waals surface area contributed by atoms with Crippen molar-refractivity contribution in [1.29, 1.82) is 0 Å². The minimum atomic E-state index is -0.960. The molecule has 2 aromatic carbocycles. The number of aromatic nitrogens is 2. The fourth-order valence-corrected chi connectivity index (χ4v) is 2.28. The molecule has 0 aliphatic heterocycles. The van der Waals surface area contributed by atoms with Crippen molar-refractivity contribution in [3.8, 4) is 0 Å². The quantitative estimate of drug-likeness (QED) is 0.801. The largest absolute Gasteiger partial charge is 0.478 e. The number of carboxylic acid groups (broad SMARTS) is 1. The SMILES string of the molecule is O=C(O)c1ccc2c(c1)ncn2CCc1ccc(F)cc1. The molecule has 5 heteroatoms. The van der Waals surface area contributed by atoms with Crippen molar-refractivity contribution < 1.29 is 14.3 Å². The van der Waals surface area contributed by atoms with Crippen LogP contribution < -0.4 is 0 Å². The molecule has 0 saturated heterocycles. The number of hydrogen-bond acceptors (Lipinski definition) is 2. The maximum absolute atomic E-state index is 12.8. The van der Waals surface area contributed by atoms with Crippen LogP contribution in [0.3, 0.4) is 0 Å². The second-order valence-electron chi connectivity index (χ2n) is 4.82. The summed E-state index contributed by atoms with van der Waals surface area (Å²) in [7, 11) is 0. The second kappa shape index (κ2) is 5.36. The summed E-state index contributed by atoms with van der Waals surface area (Å²) in [5.74, 6) is -1.20. The van der Waals surface area contributed by atoms with Gasteiger partial charge in [-0.1, -0.05) is 12.1 Å². The Morgan fingerprint density at radius 2 is 1.95 bits per heavy atom. The molecule has 0 aliphatic rings. The zero-order valence-electron chi connectivity index (χ0n) is 11.2. The number of aryl methyl sites for hydroxylation is 2. The van der Waals surface area contributed by atoms with Gasteiger partial charge in [0.05, 0.1) is 22.9 Å². The number of aromatic carboxylic acids is 1. The summed E-state index contributed by atoms with van der Waals surface area (Å²) in [6.45, 7) is 0.703. The van der Waals surface area contributed by atoms with E-state index >= 15 is 0 Å². The van der Waals surface area contributed by atoms with Gasteiger partial charge in [-0.2, -0.15) is 0 Å². The average molecular weight is 284 g/mol. The van der Waals surface area contributed by atoms with Crippen LogP contribution in [0, 0.1) is 5.82 Å². The summed E-state index contributed by atoms with van der Waals surface area (Å²) in [4.78, 5) is 15.2. The molecule has 0 aliphatic carbocycles. The first kappa shape index (κ1) is 13.3. The molecule has 0 spiro atoms. The van der Waals surface area contributed by atoms with Crippen molar-refractivity contribution in [3.05, 3.63) is 65.7 Å². The average Bonchev–Trinajstić information content (AvgIpc) is 2.89. The number of carboxylic acids is 1. The fraction of sp³-hybridized carbons (Fsp3) is 0.125. The molecule has 0 unspecified atom stereocenters. The van der Waals surface area contributed by atoms with Gasteiger partial charge in [-0.05, 0) is 42.3 Å². The van der Waals surface area contributed by atoms with Gasteiger partial charge >= 0.3 is 5.97 Å². The summed E-state index contributed by atoms with van der Waals surface area (Å²) >= 11 is 0. The van der Waals surface area contributed by atoms with Gasteiger partial charge < -0.3 is 9.67 Å². The summed E-state index contributed by atoms with van der Waals surface area (Å²) in [5.41, 5.74) is 2.82. The maximum atomic E-state index is 12.8. The lowest BCUT2D eigenvalue weighted by atomic mass is 10.1. The van der Waals surface area contributed by atoms with Crippen molar-refractivity contribution in [2.75, 3.05) is 0 Å². The third kappa shape index (κ3) is 2.76. The first-order valence-electron chi connectivity index (χ1n) is 6.56. The van der Waals surface area contributed by atoms with Gasteiger partial charge in [0, 0.05) is 6.54 Å². The van der Waals surface area contributed by atoms with Gasteiger partial charge in [0.25, 0.3) is 0 Å². The summed E-state index contributed by atoms with van der Waals surface area (Å²) < 4.78 is 14.8. The monoisotopic (exact) mass is 284 g/mol. The number of carbonyl (C=O) groups is 1. The smallest absolute Gasteiger partial charge is 0.335 e. The van der Waals surface area contributed by atoms with E-state index < -0.39 is 5.97 Å². The molecule has 1 aromatic heterocycles. The fourth-order valence-electron chi connectivity index (χ4n) is 2.28. The topological polar surface area (TPSA) is 55.1 Å². The number of halogens is 1. The molecule has 0 amide bonds. The molecule has 106 valence electrons. The van der Waals surface area contributed by atoms with Gasteiger partial charge in [0.2, 0.25) is 0 Å². The lowest BCUT2D eigenvalue weighted by Crippen LogP contribution is -2.00. The molecular weight excluding hydrogens is 271 g/mol. The van der Waals surface area contributed by atoms with Gasteiger partial charge in [-0.25, -0.2) is 14.2 Å². The van der Waals surface area contributed by atoms with Crippen molar-refractivity contribution in [2.45, 2.75) is 13.0 Å². The Morgan fingerprint density at radius 3 is 2.67 bits per heavy atom. The van der Waals surface area contributed by atoms with E-state index in [1.54, 1.807) is 36.7 Å². The number of hydrogen-bond donors (Lipinski definition) is 1. The van der Waals surface area contributed by atoms with E-state index in [0.29, 0.717) is 12.1 Å². The van der Waals surface area contributed by atoms with Crippen LogP contribution >= 0.6 is 0 Å². The van der Waals surface area contributed by atoms with Crippen molar-refractivity contribution in [3.63, 3.8) is 0 Å². The number of nitrogens with zero attached hydrogens (tertiary/aromatic N) is 2.